The number of ether oxygens (including phenoxy) is 1. The Balaban J connectivity index is 1.92. The lowest BCUT2D eigenvalue weighted by Crippen LogP contribution is -2.16. The molecule has 1 fully saturated rings. The Morgan fingerprint density at radius 3 is 3.11 bits per heavy atom. The first kappa shape index (κ1) is 13.4. The molecule has 100 valence electrons. The summed E-state index contributed by atoms with van der Waals surface area (Å²) in [7, 11) is 0. The third-order valence-corrected chi connectivity index (χ3v) is 3.14. The van der Waals surface area contributed by atoms with Gasteiger partial charge >= 0.3 is 0 Å². The van der Waals surface area contributed by atoms with E-state index in [2.05, 4.69) is 27.5 Å². The fourth-order valence-corrected chi connectivity index (χ4v) is 1.96. The molecule has 1 aliphatic heterocycles. The molecule has 6 heteroatoms. The average Bonchev–Trinajstić information content (AvgIpc) is 2.89. The minimum absolute atomic E-state index is 0.545. The van der Waals surface area contributed by atoms with Crippen LogP contribution in [-0.2, 0) is 4.74 Å². The highest BCUT2D eigenvalue weighted by Crippen LogP contribution is 2.21. The van der Waals surface area contributed by atoms with Crippen LogP contribution >= 0.6 is 11.6 Å². The van der Waals surface area contributed by atoms with E-state index in [0.29, 0.717) is 22.7 Å². The number of nitrogens with zero attached hydrogens (tertiary/aromatic N) is 2. The van der Waals surface area contributed by atoms with Crippen LogP contribution in [0.3, 0.4) is 0 Å². The van der Waals surface area contributed by atoms with Crippen molar-refractivity contribution in [3.8, 4) is 0 Å². The van der Waals surface area contributed by atoms with Gasteiger partial charge in [-0.3, -0.25) is 0 Å². The number of rotatable bonds is 6. The molecular formula is C12H19ClN4O. The SMILES string of the molecule is CCCNc1ncc(Cl)c(NCC2CCOC2)n1. The maximum atomic E-state index is 6.07. The number of aromatic nitrogens is 2. The molecule has 1 unspecified atom stereocenters. The Morgan fingerprint density at radius 1 is 1.50 bits per heavy atom. The Kier molecular flexibility index (Phi) is 5.01. The third-order valence-electron chi connectivity index (χ3n) is 2.86. The van der Waals surface area contributed by atoms with Gasteiger partial charge in [0.05, 0.1) is 12.8 Å². The Labute approximate surface area is 112 Å². The summed E-state index contributed by atoms with van der Waals surface area (Å²) >= 11 is 6.07. The highest BCUT2D eigenvalue weighted by molar-refractivity contribution is 6.32. The summed E-state index contributed by atoms with van der Waals surface area (Å²) in [5.41, 5.74) is 0. The first-order valence-electron chi connectivity index (χ1n) is 6.37. The van der Waals surface area contributed by atoms with E-state index in [9.17, 15) is 0 Å². The summed E-state index contributed by atoms with van der Waals surface area (Å²) < 4.78 is 5.33. The van der Waals surface area contributed by atoms with E-state index in [4.69, 9.17) is 16.3 Å². The average molecular weight is 271 g/mol. The largest absolute Gasteiger partial charge is 0.381 e. The van der Waals surface area contributed by atoms with Gasteiger partial charge < -0.3 is 15.4 Å². The standard InChI is InChI=1S/C12H19ClN4O/c1-2-4-14-12-16-7-10(13)11(17-12)15-6-9-3-5-18-8-9/h7,9H,2-6,8H2,1H3,(H2,14,15,16,17). The van der Waals surface area contributed by atoms with Crippen molar-refractivity contribution in [2.24, 2.45) is 5.92 Å². The van der Waals surface area contributed by atoms with E-state index in [0.717, 1.165) is 39.1 Å². The van der Waals surface area contributed by atoms with Crippen molar-refractivity contribution in [1.29, 1.82) is 0 Å². The van der Waals surface area contributed by atoms with Crippen molar-refractivity contribution in [2.45, 2.75) is 19.8 Å². The van der Waals surface area contributed by atoms with E-state index in [1.54, 1.807) is 6.20 Å². The number of nitrogens with one attached hydrogen (secondary N) is 2. The van der Waals surface area contributed by atoms with E-state index in [-0.39, 0.29) is 0 Å². The Morgan fingerprint density at radius 2 is 2.39 bits per heavy atom. The molecule has 1 aliphatic rings. The normalized spacial score (nSPS) is 18.9. The quantitative estimate of drug-likeness (QED) is 0.831. The second-order valence-electron chi connectivity index (χ2n) is 4.43. The second kappa shape index (κ2) is 6.75. The van der Waals surface area contributed by atoms with Crippen molar-refractivity contribution < 1.29 is 4.74 Å². The maximum Gasteiger partial charge on any atom is 0.224 e. The van der Waals surface area contributed by atoms with Crippen LogP contribution in [0.2, 0.25) is 5.02 Å². The fourth-order valence-electron chi connectivity index (χ4n) is 1.80. The maximum absolute atomic E-state index is 6.07. The highest BCUT2D eigenvalue weighted by Gasteiger charge is 2.16. The molecule has 2 rings (SSSR count). The number of hydrogen-bond acceptors (Lipinski definition) is 5. The fraction of sp³-hybridized carbons (Fsp3) is 0.667. The number of halogens is 1. The van der Waals surface area contributed by atoms with Crippen LogP contribution in [0, 0.1) is 5.92 Å². The van der Waals surface area contributed by atoms with Crippen LogP contribution in [0.15, 0.2) is 6.20 Å². The van der Waals surface area contributed by atoms with Gasteiger partial charge in [-0.1, -0.05) is 18.5 Å². The van der Waals surface area contributed by atoms with Gasteiger partial charge in [-0.25, -0.2) is 4.98 Å². The van der Waals surface area contributed by atoms with Gasteiger partial charge in [0.15, 0.2) is 0 Å². The van der Waals surface area contributed by atoms with Gasteiger partial charge in [0.1, 0.15) is 10.8 Å². The van der Waals surface area contributed by atoms with Crippen LogP contribution in [0.25, 0.3) is 0 Å². The molecule has 1 aromatic heterocycles. The Bertz CT molecular complexity index is 382. The van der Waals surface area contributed by atoms with Crippen LogP contribution in [0.4, 0.5) is 11.8 Å². The lowest BCUT2D eigenvalue weighted by atomic mass is 10.1. The summed E-state index contributed by atoms with van der Waals surface area (Å²) in [6.45, 7) is 5.47. The molecule has 0 spiro atoms. The lowest BCUT2D eigenvalue weighted by Gasteiger charge is -2.12. The number of anilines is 2. The molecule has 2 N–H and O–H groups in total. The molecule has 5 nitrogen and oxygen atoms in total. The first-order chi connectivity index (χ1) is 8.79. The smallest absolute Gasteiger partial charge is 0.224 e. The predicted octanol–water partition coefficient (Wildman–Crippen LogP) is 2.40. The van der Waals surface area contributed by atoms with Crippen LogP contribution < -0.4 is 10.6 Å². The molecule has 18 heavy (non-hydrogen) atoms. The molecule has 1 atom stereocenters. The summed E-state index contributed by atoms with van der Waals surface area (Å²) in [5.74, 6) is 1.85. The summed E-state index contributed by atoms with van der Waals surface area (Å²) in [4.78, 5) is 8.50. The van der Waals surface area contributed by atoms with Crippen molar-refractivity contribution in [2.75, 3.05) is 36.9 Å². The van der Waals surface area contributed by atoms with Gasteiger partial charge in [-0.05, 0) is 12.8 Å². The topological polar surface area (TPSA) is 59.1 Å². The van der Waals surface area contributed by atoms with Gasteiger partial charge in [0, 0.05) is 25.6 Å². The molecular weight excluding hydrogens is 252 g/mol. The lowest BCUT2D eigenvalue weighted by molar-refractivity contribution is 0.187. The van der Waals surface area contributed by atoms with Crippen LogP contribution in [0.5, 0.6) is 0 Å². The molecule has 0 aromatic carbocycles. The molecule has 0 aliphatic carbocycles. The van der Waals surface area contributed by atoms with Crippen molar-refractivity contribution in [3.05, 3.63) is 11.2 Å². The third kappa shape index (κ3) is 3.71. The first-order valence-corrected chi connectivity index (χ1v) is 6.75. The minimum Gasteiger partial charge on any atom is -0.381 e. The van der Waals surface area contributed by atoms with E-state index in [1.807, 2.05) is 0 Å². The van der Waals surface area contributed by atoms with E-state index >= 15 is 0 Å². The zero-order valence-electron chi connectivity index (χ0n) is 10.6. The summed E-state index contributed by atoms with van der Waals surface area (Å²) in [5, 5.41) is 6.96. The zero-order valence-corrected chi connectivity index (χ0v) is 11.3. The van der Waals surface area contributed by atoms with Crippen molar-refractivity contribution in [1.82, 2.24) is 9.97 Å². The molecule has 1 saturated heterocycles. The molecule has 0 bridgehead atoms. The van der Waals surface area contributed by atoms with Crippen LogP contribution in [-0.4, -0.2) is 36.3 Å². The van der Waals surface area contributed by atoms with Gasteiger partial charge in [0.25, 0.3) is 0 Å². The highest BCUT2D eigenvalue weighted by atomic mass is 35.5. The van der Waals surface area contributed by atoms with Gasteiger partial charge in [-0.2, -0.15) is 4.98 Å². The van der Waals surface area contributed by atoms with E-state index in [1.165, 1.54) is 0 Å². The molecule has 0 radical (unpaired) electrons. The zero-order chi connectivity index (χ0) is 12.8. The summed E-state index contributed by atoms with van der Waals surface area (Å²) in [6.07, 6.45) is 3.75. The van der Waals surface area contributed by atoms with Crippen molar-refractivity contribution in [3.63, 3.8) is 0 Å². The molecule has 1 aromatic rings. The minimum atomic E-state index is 0.545. The van der Waals surface area contributed by atoms with Crippen LogP contribution in [0.1, 0.15) is 19.8 Å². The monoisotopic (exact) mass is 270 g/mol. The second-order valence-corrected chi connectivity index (χ2v) is 4.83. The van der Waals surface area contributed by atoms with E-state index < -0.39 is 0 Å². The Hall–Kier alpha value is -1.07. The molecule has 0 amide bonds. The summed E-state index contributed by atoms with van der Waals surface area (Å²) in [6, 6.07) is 0. The van der Waals surface area contributed by atoms with Gasteiger partial charge in [0.2, 0.25) is 5.95 Å². The van der Waals surface area contributed by atoms with Gasteiger partial charge in [-0.15, -0.1) is 0 Å². The molecule has 2 heterocycles. The predicted molar refractivity (Wildman–Crippen MR) is 73.2 cm³/mol. The van der Waals surface area contributed by atoms with Crippen molar-refractivity contribution >= 4 is 23.4 Å². The molecule has 0 saturated carbocycles. The number of hydrogen-bond donors (Lipinski definition) is 2.